The van der Waals surface area contributed by atoms with E-state index in [1.54, 1.807) is 32.3 Å². The standard InChI is InChI=1S/C15H16N4O4S/c1-18-12-6-5-11(8-13(12)19(2)15(18)20)24(21,22)17-10-4-7-14(23-3)16-9-10/h4-9,17H,1-3H3. The summed E-state index contributed by atoms with van der Waals surface area (Å²) in [5.41, 5.74) is 1.30. The molecule has 0 aliphatic carbocycles. The molecular weight excluding hydrogens is 332 g/mol. The van der Waals surface area contributed by atoms with Crippen molar-refractivity contribution >= 4 is 26.7 Å². The fraction of sp³-hybridized carbons (Fsp3) is 0.200. The Kier molecular flexibility index (Phi) is 3.80. The highest BCUT2D eigenvalue weighted by Gasteiger charge is 2.17. The molecule has 24 heavy (non-hydrogen) atoms. The smallest absolute Gasteiger partial charge is 0.328 e. The lowest BCUT2D eigenvalue weighted by Gasteiger charge is -2.08. The molecule has 0 aliphatic rings. The Balaban J connectivity index is 2.01. The lowest BCUT2D eigenvalue weighted by molar-refractivity contribution is 0.398. The zero-order valence-electron chi connectivity index (χ0n) is 13.3. The van der Waals surface area contributed by atoms with Gasteiger partial charge in [-0.05, 0) is 24.3 Å². The van der Waals surface area contributed by atoms with E-state index in [9.17, 15) is 13.2 Å². The minimum atomic E-state index is -3.80. The Morgan fingerprint density at radius 1 is 1.08 bits per heavy atom. The van der Waals surface area contributed by atoms with E-state index >= 15 is 0 Å². The van der Waals surface area contributed by atoms with Gasteiger partial charge in [-0.3, -0.25) is 13.9 Å². The van der Waals surface area contributed by atoms with Gasteiger partial charge in [0.25, 0.3) is 10.0 Å². The molecule has 2 heterocycles. The summed E-state index contributed by atoms with van der Waals surface area (Å²) in [5.74, 6) is 0.388. The van der Waals surface area contributed by atoms with Gasteiger partial charge in [-0.1, -0.05) is 0 Å². The number of pyridine rings is 1. The molecule has 126 valence electrons. The molecule has 0 bridgehead atoms. The number of hydrogen-bond acceptors (Lipinski definition) is 5. The Bertz CT molecular complexity index is 1070. The first-order chi connectivity index (χ1) is 11.3. The third-order valence-corrected chi connectivity index (χ3v) is 5.13. The molecule has 0 spiro atoms. The van der Waals surface area contributed by atoms with Gasteiger partial charge in [0.15, 0.2) is 0 Å². The maximum absolute atomic E-state index is 12.5. The Hall–Kier alpha value is -2.81. The minimum absolute atomic E-state index is 0.0621. The molecule has 0 unspecified atom stereocenters. The molecule has 8 nitrogen and oxygen atoms in total. The Labute approximate surface area is 138 Å². The molecule has 0 saturated heterocycles. The van der Waals surface area contributed by atoms with Crippen LogP contribution in [-0.2, 0) is 24.1 Å². The van der Waals surface area contributed by atoms with E-state index in [2.05, 4.69) is 9.71 Å². The van der Waals surface area contributed by atoms with Crippen LogP contribution in [0.15, 0.2) is 46.2 Å². The van der Waals surface area contributed by atoms with Gasteiger partial charge in [0.1, 0.15) is 0 Å². The zero-order chi connectivity index (χ0) is 17.5. The molecule has 1 aromatic carbocycles. The molecule has 1 N–H and O–H groups in total. The highest BCUT2D eigenvalue weighted by atomic mass is 32.2. The number of fused-ring (bicyclic) bond motifs is 1. The van der Waals surface area contributed by atoms with Crippen LogP contribution in [0.1, 0.15) is 0 Å². The molecule has 3 rings (SSSR count). The van der Waals surface area contributed by atoms with Crippen molar-refractivity contribution in [3.8, 4) is 5.88 Å². The molecule has 0 atom stereocenters. The summed E-state index contributed by atoms with van der Waals surface area (Å²) in [4.78, 5) is 16.0. The SMILES string of the molecule is COc1ccc(NS(=O)(=O)c2ccc3c(c2)n(C)c(=O)n3C)cn1. The van der Waals surface area contributed by atoms with Gasteiger partial charge >= 0.3 is 5.69 Å². The van der Waals surface area contributed by atoms with Crippen LogP contribution >= 0.6 is 0 Å². The van der Waals surface area contributed by atoms with Crippen molar-refractivity contribution in [2.75, 3.05) is 11.8 Å². The second kappa shape index (κ2) is 5.68. The number of aryl methyl sites for hydroxylation is 2. The van der Waals surface area contributed by atoms with E-state index < -0.39 is 10.0 Å². The number of hydrogen-bond donors (Lipinski definition) is 1. The summed E-state index contributed by atoms with van der Waals surface area (Å²) < 4.78 is 35.3. The first-order valence-electron chi connectivity index (χ1n) is 7.02. The van der Waals surface area contributed by atoms with Crippen molar-refractivity contribution < 1.29 is 13.2 Å². The van der Waals surface area contributed by atoms with Gasteiger partial charge in [-0.2, -0.15) is 0 Å². The number of anilines is 1. The minimum Gasteiger partial charge on any atom is -0.481 e. The molecule has 3 aromatic rings. The first-order valence-corrected chi connectivity index (χ1v) is 8.50. The predicted molar refractivity (Wildman–Crippen MR) is 89.8 cm³/mol. The number of benzene rings is 1. The highest BCUT2D eigenvalue weighted by Crippen LogP contribution is 2.21. The molecule has 9 heteroatoms. The topological polar surface area (TPSA) is 95.2 Å². The molecule has 0 aliphatic heterocycles. The molecule has 0 amide bonds. The summed E-state index contributed by atoms with van der Waals surface area (Å²) in [6.45, 7) is 0. The number of sulfonamides is 1. The summed E-state index contributed by atoms with van der Waals surface area (Å²) in [5, 5.41) is 0. The van der Waals surface area contributed by atoms with Gasteiger partial charge in [0.05, 0.1) is 34.9 Å². The fourth-order valence-corrected chi connectivity index (χ4v) is 3.49. The van der Waals surface area contributed by atoms with Crippen molar-refractivity contribution in [3.05, 3.63) is 47.0 Å². The van der Waals surface area contributed by atoms with Crippen LogP contribution in [0.5, 0.6) is 5.88 Å². The number of methoxy groups -OCH3 is 1. The van der Waals surface area contributed by atoms with Gasteiger partial charge in [0.2, 0.25) is 5.88 Å². The van der Waals surface area contributed by atoms with Crippen LogP contribution < -0.4 is 15.1 Å². The normalized spacial score (nSPS) is 11.6. The number of imidazole rings is 1. The van der Waals surface area contributed by atoms with Gasteiger partial charge in [0, 0.05) is 20.2 Å². The van der Waals surface area contributed by atoms with Crippen LogP contribution in [0, 0.1) is 0 Å². The zero-order valence-corrected chi connectivity index (χ0v) is 14.2. The van der Waals surface area contributed by atoms with E-state index in [4.69, 9.17) is 4.74 Å². The number of rotatable bonds is 4. The summed E-state index contributed by atoms with van der Waals surface area (Å²) in [6, 6.07) is 7.65. The third-order valence-electron chi connectivity index (χ3n) is 3.75. The van der Waals surface area contributed by atoms with Crippen LogP contribution in [0.4, 0.5) is 5.69 Å². The summed E-state index contributed by atoms with van der Waals surface area (Å²) in [6.07, 6.45) is 1.37. The van der Waals surface area contributed by atoms with E-state index in [1.165, 1.54) is 34.6 Å². The first kappa shape index (κ1) is 16.1. The van der Waals surface area contributed by atoms with Gasteiger partial charge < -0.3 is 4.74 Å². The van der Waals surface area contributed by atoms with Gasteiger partial charge in [-0.25, -0.2) is 18.2 Å². The molecule has 2 aromatic heterocycles. The van der Waals surface area contributed by atoms with Crippen molar-refractivity contribution in [1.82, 2.24) is 14.1 Å². The number of ether oxygens (including phenoxy) is 1. The van der Waals surface area contributed by atoms with Gasteiger partial charge in [-0.15, -0.1) is 0 Å². The van der Waals surface area contributed by atoms with E-state index in [1.807, 2.05) is 0 Å². The lowest BCUT2D eigenvalue weighted by atomic mass is 10.3. The quantitative estimate of drug-likeness (QED) is 0.761. The van der Waals surface area contributed by atoms with Crippen LogP contribution in [0.2, 0.25) is 0 Å². The van der Waals surface area contributed by atoms with Crippen LogP contribution in [-0.4, -0.2) is 29.6 Å². The molecule has 0 radical (unpaired) electrons. The Morgan fingerprint density at radius 3 is 2.42 bits per heavy atom. The Morgan fingerprint density at radius 2 is 1.79 bits per heavy atom. The monoisotopic (exact) mass is 348 g/mol. The molecule has 0 fully saturated rings. The average Bonchev–Trinajstić information content (AvgIpc) is 2.79. The highest BCUT2D eigenvalue weighted by molar-refractivity contribution is 7.92. The van der Waals surface area contributed by atoms with Crippen molar-refractivity contribution in [2.24, 2.45) is 14.1 Å². The van der Waals surface area contributed by atoms with Crippen LogP contribution in [0.3, 0.4) is 0 Å². The largest absolute Gasteiger partial charge is 0.481 e. The molecular formula is C15H16N4O4S. The van der Waals surface area contributed by atoms with Crippen molar-refractivity contribution in [2.45, 2.75) is 4.90 Å². The third kappa shape index (κ3) is 2.62. The molecule has 0 saturated carbocycles. The maximum atomic E-state index is 12.5. The number of nitrogens with zero attached hydrogens (tertiary/aromatic N) is 3. The maximum Gasteiger partial charge on any atom is 0.328 e. The fourth-order valence-electron chi connectivity index (χ4n) is 2.43. The lowest BCUT2D eigenvalue weighted by Crippen LogP contribution is -2.19. The second-order valence-electron chi connectivity index (χ2n) is 5.25. The summed E-state index contributed by atoms with van der Waals surface area (Å²) in [7, 11) is 0.916. The van der Waals surface area contributed by atoms with E-state index in [0.29, 0.717) is 22.6 Å². The second-order valence-corrected chi connectivity index (χ2v) is 6.93. The number of aromatic nitrogens is 3. The van der Waals surface area contributed by atoms with E-state index in [-0.39, 0.29) is 10.6 Å². The van der Waals surface area contributed by atoms with Crippen molar-refractivity contribution in [1.29, 1.82) is 0 Å². The number of nitrogens with one attached hydrogen (secondary N) is 1. The van der Waals surface area contributed by atoms with E-state index in [0.717, 1.165) is 0 Å². The predicted octanol–water partition coefficient (Wildman–Crippen LogP) is 1.08. The van der Waals surface area contributed by atoms with Crippen molar-refractivity contribution in [3.63, 3.8) is 0 Å². The van der Waals surface area contributed by atoms with Crippen LogP contribution in [0.25, 0.3) is 11.0 Å². The summed E-state index contributed by atoms with van der Waals surface area (Å²) >= 11 is 0. The average molecular weight is 348 g/mol.